The molecule has 50 valence electrons. The Bertz CT molecular complexity index is 52.5. The van der Waals surface area contributed by atoms with Gasteiger partial charge >= 0.3 is 0 Å². The van der Waals surface area contributed by atoms with Crippen LogP contribution in [0, 0.1) is 0 Å². The molecular weight excluding hydrogens is 136 g/mol. The van der Waals surface area contributed by atoms with Gasteiger partial charge in [-0.05, 0) is 6.42 Å². The second-order valence-electron chi connectivity index (χ2n) is 2.05. The van der Waals surface area contributed by atoms with Gasteiger partial charge in [-0.3, -0.25) is 0 Å². The number of rotatable bonds is 3. The Morgan fingerprint density at radius 3 is 2.12 bits per heavy atom. The minimum absolute atomic E-state index is 0.537. The fourth-order valence-corrected chi connectivity index (χ4v) is 1.96. The average molecular weight is 150 g/mol. The molecular formula is C6H14S2. The predicted molar refractivity (Wildman–Crippen MR) is 45.8 cm³/mol. The molecule has 0 fully saturated rings. The van der Waals surface area contributed by atoms with Crippen molar-refractivity contribution in [3.63, 3.8) is 0 Å². The van der Waals surface area contributed by atoms with E-state index >= 15 is 0 Å². The summed E-state index contributed by atoms with van der Waals surface area (Å²) in [4.78, 5) is 0. The Morgan fingerprint density at radius 1 is 1.50 bits per heavy atom. The third kappa shape index (κ3) is 4.85. The zero-order chi connectivity index (χ0) is 6.57. The SMILES string of the molecule is CCC(S)SC(C)C. The zero-order valence-corrected chi connectivity index (χ0v) is 7.43. The molecule has 0 spiro atoms. The van der Waals surface area contributed by atoms with Crippen molar-refractivity contribution in [2.24, 2.45) is 0 Å². The maximum absolute atomic E-state index is 4.33. The first-order chi connectivity index (χ1) is 3.66. The lowest BCUT2D eigenvalue weighted by Crippen LogP contribution is -1.95. The van der Waals surface area contributed by atoms with Crippen molar-refractivity contribution >= 4 is 24.4 Å². The van der Waals surface area contributed by atoms with Gasteiger partial charge in [0, 0.05) is 9.83 Å². The molecule has 0 aromatic carbocycles. The molecule has 0 bridgehead atoms. The molecule has 0 aromatic rings. The first-order valence-corrected chi connectivity index (χ1v) is 4.46. The minimum atomic E-state index is 0.537. The Morgan fingerprint density at radius 2 is 2.00 bits per heavy atom. The van der Waals surface area contributed by atoms with Crippen LogP contribution in [0.3, 0.4) is 0 Å². The highest BCUT2D eigenvalue weighted by atomic mass is 32.2. The molecule has 0 aromatic heterocycles. The topological polar surface area (TPSA) is 0 Å². The van der Waals surface area contributed by atoms with Crippen LogP contribution in [0.1, 0.15) is 27.2 Å². The Balaban J connectivity index is 3.10. The van der Waals surface area contributed by atoms with E-state index in [2.05, 4.69) is 33.4 Å². The van der Waals surface area contributed by atoms with E-state index in [1.807, 2.05) is 11.8 Å². The molecule has 0 amide bonds. The summed E-state index contributed by atoms with van der Waals surface area (Å²) in [5, 5.41) is 0.720. The Labute approximate surface area is 61.8 Å². The second kappa shape index (κ2) is 4.57. The van der Waals surface area contributed by atoms with Crippen molar-refractivity contribution in [1.82, 2.24) is 0 Å². The molecule has 1 unspecified atom stereocenters. The summed E-state index contributed by atoms with van der Waals surface area (Å²) in [6.45, 7) is 6.56. The number of thiol groups is 1. The molecule has 0 saturated carbocycles. The van der Waals surface area contributed by atoms with Gasteiger partial charge in [-0.15, -0.1) is 11.8 Å². The third-order valence-corrected chi connectivity index (χ3v) is 2.70. The van der Waals surface area contributed by atoms with E-state index in [-0.39, 0.29) is 0 Å². The normalized spacial score (nSPS) is 14.6. The summed E-state index contributed by atoms with van der Waals surface area (Å²) in [5.74, 6) is 0. The maximum Gasteiger partial charge on any atom is 0.0472 e. The van der Waals surface area contributed by atoms with E-state index in [1.54, 1.807) is 0 Å². The first kappa shape index (κ1) is 8.70. The highest BCUT2D eigenvalue weighted by Crippen LogP contribution is 2.22. The molecule has 0 rings (SSSR count). The van der Waals surface area contributed by atoms with Gasteiger partial charge in [-0.2, -0.15) is 12.6 Å². The summed E-state index contributed by atoms with van der Waals surface area (Å²) in [6.07, 6.45) is 1.16. The van der Waals surface area contributed by atoms with Crippen LogP contribution in [-0.2, 0) is 0 Å². The van der Waals surface area contributed by atoms with Gasteiger partial charge in [0.05, 0.1) is 0 Å². The van der Waals surface area contributed by atoms with E-state index in [1.165, 1.54) is 0 Å². The molecule has 2 heteroatoms. The smallest absolute Gasteiger partial charge is 0.0472 e. The van der Waals surface area contributed by atoms with Crippen molar-refractivity contribution in [2.45, 2.75) is 37.0 Å². The lowest BCUT2D eigenvalue weighted by molar-refractivity contribution is 1.03. The quantitative estimate of drug-likeness (QED) is 0.477. The van der Waals surface area contributed by atoms with Gasteiger partial charge < -0.3 is 0 Å². The molecule has 0 saturated heterocycles. The molecule has 0 aliphatic carbocycles. The molecule has 0 aliphatic rings. The summed E-state index contributed by atoms with van der Waals surface area (Å²) < 4.78 is 0.537. The second-order valence-corrected chi connectivity index (χ2v) is 4.80. The van der Waals surface area contributed by atoms with Crippen LogP contribution >= 0.6 is 24.4 Å². The molecule has 0 nitrogen and oxygen atoms in total. The van der Waals surface area contributed by atoms with Gasteiger partial charge in [0.25, 0.3) is 0 Å². The highest BCUT2D eigenvalue weighted by Gasteiger charge is 2.01. The fraction of sp³-hybridized carbons (Fsp3) is 1.00. The first-order valence-electron chi connectivity index (χ1n) is 3.00. The van der Waals surface area contributed by atoms with E-state index in [4.69, 9.17) is 0 Å². The molecule has 0 heterocycles. The molecule has 8 heavy (non-hydrogen) atoms. The Kier molecular flexibility index (Phi) is 4.97. The minimum Gasteiger partial charge on any atom is -0.165 e. The maximum atomic E-state index is 4.33. The van der Waals surface area contributed by atoms with Crippen molar-refractivity contribution in [3.05, 3.63) is 0 Å². The fourth-order valence-electron chi connectivity index (χ4n) is 0.410. The van der Waals surface area contributed by atoms with Crippen molar-refractivity contribution in [2.75, 3.05) is 0 Å². The lowest BCUT2D eigenvalue weighted by Gasteiger charge is -2.08. The van der Waals surface area contributed by atoms with Gasteiger partial charge in [0.2, 0.25) is 0 Å². The van der Waals surface area contributed by atoms with Crippen LogP contribution in [0.4, 0.5) is 0 Å². The number of thioether (sulfide) groups is 1. The van der Waals surface area contributed by atoms with E-state index in [0.717, 1.165) is 11.7 Å². The van der Waals surface area contributed by atoms with Crippen molar-refractivity contribution in [3.8, 4) is 0 Å². The average Bonchev–Trinajstić information content (AvgIpc) is 1.65. The predicted octanol–water partition coefficient (Wildman–Crippen LogP) is 2.79. The van der Waals surface area contributed by atoms with E-state index in [9.17, 15) is 0 Å². The largest absolute Gasteiger partial charge is 0.165 e. The molecule has 1 atom stereocenters. The third-order valence-electron chi connectivity index (χ3n) is 0.778. The number of hydrogen-bond acceptors (Lipinski definition) is 2. The van der Waals surface area contributed by atoms with Crippen LogP contribution in [-0.4, -0.2) is 9.83 Å². The Hall–Kier alpha value is 0.700. The van der Waals surface area contributed by atoms with Crippen molar-refractivity contribution in [1.29, 1.82) is 0 Å². The summed E-state index contributed by atoms with van der Waals surface area (Å²) in [6, 6.07) is 0. The van der Waals surface area contributed by atoms with Crippen LogP contribution in [0.25, 0.3) is 0 Å². The van der Waals surface area contributed by atoms with Crippen LogP contribution in [0.5, 0.6) is 0 Å². The van der Waals surface area contributed by atoms with Crippen molar-refractivity contribution < 1.29 is 0 Å². The van der Waals surface area contributed by atoms with Gasteiger partial charge in [0.1, 0.15) is 0 Å². The highest BCUT2D eigenvalue weighted by molar-refractivity contribution is 8.10. The van der Waals surface area contributed by atoms with Crippen LogP contribution in [0.15, 0.2) is 0 Å². The lowest BCUT2D eigenvalue weighted by atomic mass is 10.6. The van der Waals surface area contributed by atoms with Gasteiger partial charge in [-0.25, -0.2) is 0 Å². The van der Waals surface area contributed by atoms with Gasteiger partial charge in [0.15, 0.2) is 0 Å². The van der Waals surface area contributed by atoms with E-state index in [0.29, 0.717) is 4.58 Å². The molecule has 0 aliphatic heterocycles. The van der Waals surface area contributed by atoms with Gasteiger partial charge in [-0.1, -0.05) is 20.8 Å². The summed E-state index contributed by atoms with van der Waals surface area (Å²) in [5.41, 5.74) is 0. The summed E-state index contributed by atoms with van der Waals surface area (Å²) in [7, 11) is 0. The van der Waals surface area contributed by atoms with Crippen LogP contribution < -0.4 is 0 Å². The molecule has 0 N–H and O–H groups in total. The summed E-state index contributed by atoms with van der Waals surface area (Å²) >= 11 is 6.25. The molecule has 0 radical (unpaired) electrons. The van der Waals surface area contributed by atoms with Crippen LogP contribution in [0.2, 0.25) is 0 Å². The number of hydrogen-bond donors (Lipinski definition) is 1. The standard InChI is InChI=1S/C6H14S2/c1-4-6(7)8-5(2)3/h5-7H,4H2,1-3H3. The van der Waals surface area contributed by atoms with E-state index < -0.39 is 0 Å². The monoisotopic (exact) mass is 150 g/mol. The zero-order valence-electron chi connectivity index (χ0n) is 5.72.